The number of nitrogens with zero attached hydrogens (tertiary/aromatic N) is 1. The summed E-state index contributed by atoms with van der Waals surface area (Å²) in [4.78, 5) is 0. The van der Waals surface area contributed by atoms with Crippen molar-refractivity contribution in [2.24, 2.45) is 0 Å². The zero-order chi connectivity index (χ0) is 7.99. The quantitative estimate of drug-likeness (QED) is 0.720. The van der Waals surface area contributed by atoms with E-state index in [2.05, 4.69) is 43.1 Å². The molecule has 0 N–H and O–H groups in total. The molecule has 0 radical (unpaired) electrons. The molecule has 0 spiro atoms. The third kappa shape index (κ3) is 3.41. The molecular formula is C7H21NTa. The van der Waals surface area contributed by atoms with Gasteiger partial charge in [-0.2, -0.15) is 0 Å². The van der Waals surface area contributed by atoms with Crippen LogP contribution in [-0.4, -0.2) is 17.4 Å². The first-order valence-electron chi connectivity index (χ1n) is 3.33. The molecule has 0 aliphatic heterocycles. The molecule has 9 heavy (non-hydrogen) atoms. The molecule has 0 fully saturated rings. The predicted octanol–water partition coefficient (Wildman–Crippen LogP) is 2.93. The monoisotopic (exact) mass is 300 g/mol. The molecule has 0 unspecified atom stereocenters. The third-order valence-corrected chi connectivity index (χ3v) is 16.4. The Morgan fingerprint density at radius 1 is 0.778 bits per heavy atom. The maximum atomic E-state index is 2.44. The Balaban J connectivity index is 4.76. The molecule has 0 atom stereocenters. The van der Waals surface area contributed by atoms with Crippen molar-refractivity contribution in [3.05, 3.63) is 0 Å². The Kier molecular flexibility index (Phi) is 1.59. The van der Waals surface area contributed by atoms with Gasteiger partial charge >= 0.3 is 57.9 Å². The molecule has 0 aromatic heterocycles. The summed E-state index contributed by atoms with van der Waals surface area (Å²) in [5.41, 5.74) is 0. The van der Waals surface area contributed by atoms with Crippen LogP contribution in [0.4, 0.5) is 0 Å². The molecule has 0 bridgehead atoms. The van der Waals surface area contributed by atoms with E-state index in [-0.39, 0.29) is 0 Å². The van der Waals surface area contributed by atoms with Crippen molar-refractivity contribution < 1.29 is 14.8 Å². The van der Waals surface area contributed by atoms with Gasteiger partial charge in [0.25, 0.3) is 0 Å². The molecular weight excluding hydrogens is 279 g/mol. The van der Waals surface area contributed by atoms with Crippen LogP contribution >= 0.6 is 0 Å². The van der Waals surface area contributed by atoms with Crippen LogP contribution in [0.25, 0.3) is 0 Å². The van der Waals surface area contributed by atoms with Crippen LogP contribution in [0.1, 0.15) is 0 Å². The molecule has 0 saturated heterocycles. The van der Waals surface area contributed by atoms with E-state index in [4.69, 9.17) is 0 Å². The van der Waals surface area contributed by atoms with E-state index >= 15 is 0 Å². The summed E-state index contributed by atoms with van der Waals surface area (Å²) in [7, 11) is 4.39. The fourth-order valence-electron chi connectivity index (χ4n) is 0. The molecule has 0 aliphatic carbocycles. The molecule has 1 nitrogen and oxygen atoms in total. The van der Waals surface area contributed by atoms with Crippen LogP contribution in [0.5, 0.6) is 0 Å². The molecule has 0 aromatic rings. The third-order valence-electron chi connectivity index (χ3n) is 2.00. The molecule has 2 heteroatoms. The van der Waals surface area contributed by atoms with Crippen molar-refractivity contribution in [3.63, 3.8) is 0 Å². The molecule has 0 saturated carbocycles. The molecule has 0 heterocycles. The minimum atomic E-state index is -2.74. The van der Waals surface area contributed by atoms with Crippen molar-refractivity contribution in [2.45, 2.75) is 25.7 Å². The molecule has 59 valence electrons. The average molecular weight is 300 g/mol. The van der Waals surface area contributed by atoms with E-state index in [1.165, 1.54) is 0 Å². The van der Waals surface area contributed by atoms with E-state index in [1.54, 1.807) is 0 Å². The summed E-state index contributed by atoms with van der Waals surface area (Å²) >= 11 is -2.74. The first-order valence-corrected chi connectivity index (χ1v) is 20.8. The second-order valence-electron chi connectivity index (χ2n) is 6.32. The van der Waals surface area contributed by atoms with Gasteiger partial charge in [-0.3, -0.25) is 0 Å². The summed E-state index contributed by atoms with van der Waals surface area (Å²) < 4.78 is 2.44. The van der Waals surface area contributed by atoms with E-state index in [0.717, 1.165) is 0 Å². The Bertz CT molecular complexity index is 112. The van der Waals surface area contributed by atoms with Crippen LogP contribution in [-0.2, 0) is 14.8 Å². The normalized spacial score (nSPS) is 21.3. The van der Waals surface area contributed by atoms with Crippen molar-refractivity contribution in [2.75, 3.05) is 14.1 Å². The molecule has 0 rings (SSSR count). The zero-order valence-electron chi connectivity index (χ0n) is 7.89. The van der Waals surface area contributed by atoms with Crippen LogP contribution in [0.2, 0.25) is 25.7 Å². The summed E-state index contributed by atoms with van der Waals surface area (Å²) in [6, 6.07) is 0. The fourth-order valence-corrected chi connectivity index (χ4v) is 0. The molecule has 0 amide bonds. The topological polar surface area (TPSA) is 3.24 Å². The van der Waals surface area contributed by atoms with Gasteiger partial charge in [-0.15, -0.1) is 0 Å². The second-order valence-corrected chi connectivity index (χ2v) is 48.5. The summed E-state index contributed by atoms with van der Waals surface area (Å²) in [6.45, 7) is 0. The van der Waals surface area contributed by atoms with Gasteiger partial charge in [-0.05, 0) is 0 Å². The van der Waals surface area contributed by atoms with E-state index in [1.807, 2.05) is 0 Å². The van der Waals surface area contributed by atoms with Gasteiger partial charge in [0, 0.05) is 0 Å². The first-order chi connectivity index (χ1) is 3.43. The first kappa shape index (κ1) is 9.70. The summed E-state index contributed by atoms with van der Waals surface area (Å²) in [6.07, 6.45) is 0. The minimum absolute atomic E-state index is 2.19. The van der Waals surface area contributed by atoms with Crippen molar-refractivity contribution in [1.29, 1.82) is 0 Å². The van der Waals surface area contributed by atoms with Gasteiger partial charge in [0.1, 0.15) is 0 Å². The number of hydrogen-bond donors (Lipinski definition) is 0. The van der Waals surface area contributed by atoms with Gasteiger partial charge in [0.15, 0.2) is 0 Å². The fraction of sp³-hybridized carbons (Fsp3) is 1.00. The number of rotatable bonds is 1. The van der Waals surface area contributed by atoms with Gasteiger partial charge in [0.2, 0.25) is 0 Å². The van der Waals surface area contributed by atoms with Gasteiger partial charge in [-0.1, -0.05) is 0 Å². The predicted molar refractivity (Wildman–Crippen MR) is 43.0 cm³/mol. The maximum absolute atomic E-state index is 2.74. The van der Waals surface area contributed by atoms with E-state index < -0.39 is 14.8 Å². The SMILES string of the molecule is C[N](C)[Ta]([CH3])([CH3])([CH3])([CH3])[CH3]. The van der Waals surface area contributed by atoms with E-state index in [9.17, 15) is 0 Å². The van der Waals surface area contributed by atoms with Crippen LogP contribution < -0.4 is 0 Å². The Hall–Kier alpha value is 0.700. The Labute approximate surface area is 58.1 Å². The van der Waals surface area contributed by atoms with Crippen LogP contribution in [0.15, 0.2) is 0 Å². The summed E-state index contributed by atoms with van der Waals surface area (Å²) in [5.74, 6) is 0. The average Bonchev–Trinajstić information content (AvgIpc) is 1.24. The van der Waals surface area contributed by atoms with Gasteiger partial charge in [0.05, 0.1) is 0 Å². The van der Waals surface area contributed by atoms with Crippen molar-refractivity contribution >= 4 is 0 Å². The zero-order valence-corrected chi connectivity index (χ0v) is 11.1. The summed E-state index contributed by atoms with van der Waals surface area (Å²) in [5, 5.41) is 12.2. The van der Waals surface area contributed by atoms with Crippen molar-refractivity contribution in [3.8, 4) is 0 Å². The van der Waals surface area contributed by atoms with Crippen molar-refractivity contribution in [1.82, 2.24) is 3.30 Å². The molecule has 0 aliphatic rings. The van der Waals surface area contributed by atoms with Gasteiger partial charge in [-0.25, -0.2) is 0 Å². The van der Waals surface area contributed by atoms with E-state index in [0.29, 0.717) is 0 Å². The Morgan fingerprint density at radius 3 is 0.889 bits per heavy atom. The molecule has 0 aromatic carbocycles. The van der Waals surface area contributed by atoms with Gasteiger partial charge < -0.3 is 0 Å². The number of hydrogen-bond acceptors (Lipinski definition) is 1. The standard InChI is InChI=1S/C2H6N.5CH3.Ta/c1-3-2;;;;;;/h1-2H3;5*1H3;/q-1;;;;;;+1. The Morgan fingerprint density at radius 2 is 0.889 bits per heavy atom. The van der Waals surface area contributed by atoms with Crippen LogP contribution in [0, 0.1) is 0 Å². The van der Waals surface area contributed by atoms with Crippen LogP contribution in [0.3, 0.4) is 0 Å². The second kappa shape index (κ2) is 1.48.